The van der Waals surface area contributed by atoms with E-state index in [0.717, 1.165) is 23.8 Å². The van der Waals surface area contributed by atoms with Crippen molar-refractivity contribution in [3.8, 4) is 11.5 Å². The standard InChI is InChI=1S/C23H28O4/c1-5-17-9-11-21(20(16-17)23(2,3)4)27-14-13-26-19-8-6-7-18(15-19)10-12-22(24)25/h6-12,15-16H,5,13-14H2,1-4H3,(H,24,25). The number of rotatable bonds is 8. The monoisotopic (exact) mass is 368 g/mol. The highest BCUT2D eigenvalue weighted by Gasteiger charge is 2.19. The summed E-state index contributed by atoms with van der Waals surface area (Å²) in [5.41, 5.74) is 3.28. The van der Waals surface area contributed by atoms with Crippen LogP contribution < -0.4 is 9.47 Å². The van der Waals surface area contributed by atoms with Gasteiger partial charge in [-0.1, -0.05) is 52.0 Å². The van der Waals surface area contributed by atoms with Crippen molar-refractivity contribution in [1.29, 1.82) is 0 Å². The molecule has 27 heavy (non-hydrogen) atoms. The van der Waals surface area contributed by atoms with Gasteiger partial charge in [0.25, 0.3) is 0 Å². The lowest BCUT2D eigenvalue weighted by Crippen LogP contribution is -2.16. The van der Waals surface area contributed by atoms with E-state index in [2.05, 4.69) is 39.8 Å². The molecule has 0 unspecified atom stereocenters. The van der Waals surface area contributed by atoms with E-state index < -0.39 is 5.97 Å². The third kappa shape index (κ3) is 6.48. The van der Waals surface area contributed by atoms with Crippen molar-refractivity contribution in [2.45, 2.75) is 39.5 Å². The fraction of sp³-hybridized carbons (Fsp3) is 0.348. The smallest absolute Gasteiger partial charge is 0.328 e. The first-order valence-corrected chi connectivity index (χ1v) is 9.19. The Labute approximate surface area is 161 Å². The highest BCUT2D eigenvalue weighted by atomic mass is 16.5. The second-order valence-corrected chi connectivity index (χ2v) is 7.38. The molecule has 0 aliphatic rings. The zero-order valence-electron chi connectivity index (χ0n) is 16.5. The van der Waals surface area contributed by atoms with Crippen LogP contribution in [-0.2, 0) is 16.6 Å². The minimum Gasteiger partial charge on any atom is -0.490 e. The molecule has 0 amide bonds. The van der Waals surface area contributed by atoms with E-state index >= 15 is 0 Å². The van der Waals surface area contributed by atoms with Gasteiger partial charge in [-0.05, 0) is 52.8 Å². The summed E-state index contributed by atoms with van der Waals surface area (Å²) in [6, 6.07) is 13.7. The van der Waals surface area contributed by atoms with Gasteiger partial charge < -0.3 is 14.6 Å². The lowest BCUT2D eigenvalue weighted by molar-refractivity contribution is -0.131. The Balaban J connectivity index is 1.96. The first-order valence-electron chi connectivity index (χ1n) is 9.19. The molecule has 1 N–H and O–H groups in total. The van der Waals surface area contributed by atoms with Crippen LogP contribution in [0.15, 0.2) is 48.5 Å². The van der Waals surface area contributed by atoms with Crippen LogP contribution in [-0.4, -0.2) is 24.3 Å². The quantitative estimate of drug-likeness (QED) is 0.520. The molecule has 0 saturated carbocycles. The second-order valence-electron chi connectivity index (χ2n) is 7.38. The zero-order chi connectivity index (χ0) is 19.9. The summed E-state index contributed by atoms with van der Waals surface area (Å²) >= 11 is 0. The molecule has 0 spiro atoms. The summed E-state index contributed by atoms with van der Waals surface area (Å²) in [7, 11) is 0. The molecular weight excluding hydrogens is 340 g/mol. The topological polar surface area (TPSA) is 55.8 Å². The molecule has 0 fully saturated rings. The Kier molecular flexibility index (Phi) is 7.05. The number of ether oxygens (including phenoxy) is 2. The van der Waals surface area contributed by atoms with Crippen LogP contribution in [0.3, 0.4) is 0 Å². The molecule has 4 heteroatoms. The molecule has 0 aliphatic heterocycles. The van der Waals surface area contributed by atoms with Gasteiger partial charge in [0.2, 0.25) is 0 Å². The Hall–Kier alpha value is -2.75. The largest absolute Gasteiger partial charge is 0.490 e. The highest BCUT2D eigenvalue weighted by molar-refractivity contribution is 5.85. The molecule has 0 atom stereocenters. The molecule has 4 nitrogen and oxygen atoms in total. The molecule has 2 rings (SSSR count). The van der Waals surface area contributed by atoms with Gasteiger partial charge in [0.05, 0.1) is 0 Å². The molecule has 0 saturated heterocycles. The third-order valence-corrected chi connectivity index (χ3v) is 4.15. The summed E-state index contributed by atoms with van der Waals surface area (Å²) in [6.07, 6.45) is 3.64. The van der Waals surface area contributed by atoms with Gasteiger partial charge in [0, 0.05) is 6.08 Å². The van der Waals surface area contributed by atoms with Crippen molar-refractivity contribution in [2.24, 2.45) is 0 Å². The van der Waals surface area contributed by atoms with Crippen LogP contribution >= 0.6 is 0 Å². The van der Waals surface area contributed by atoms with Gasteiger partial charge in [-0.25, -0.2) is 4.79 Å². The van der Waals surface area contributed by atoms with Gasteiger partial charge in [-0.3, -0.25) is 0 Å². The molecular formula is C23H28O4. The second kappa shape index (κ2) is 9.26. The number of aryl methyl sites for hydroxylation is 1. The number of hydrogen-bond donors (Lipinski definition) is 1. The number of hydrogen-bond acceptors (Lipinski definition) is 3. The summed E-state index contributed by atoms with van der Waals surface area (Å²) in [5.74, 6) is 0.600. The number of benzene rings is 2. The summed E-state index contributed by atoms with van der Waals surface area (Å²) < 4.78 is 11.7. The normalized spacial score (nSPS) is 11.6. The number of carboxylic acids is 1. The maximum Gasteiger partial charge on any atom is 0.328 e. The fourth-order valence-corrected chi connectivity index (χ4v) is 2.70. The van der Waals surface area contributed by atoms with Crippen molar-refractivity contribution >= 4 is 12.0 Å². The Morgan fingerprint density at radius 2 is 1.81 bits per heavy atom. The number of carbonyl (C=O) groups is 1. The Morgan fingerprint density at radius 1 is 1.07 bits per heavy atom. The van der Waals surface area contributed by atoms with Crippen molar-refractivity contribution < 1.29 is 19.4 Å². The SMILES string of the molecule is CCc1ccc(OCCOc2cccc(C=CC(=O)O)c2)c(C(C)(C)C)c1. The maximum atomic E-state index is 10.6. The molecule has 144 valence electrons. The highest BCUT2D eigenvalue weighted by Crippen LogP contribution is 2.32. The fourth-order valence-electron chi connectivity index (χ4n) is 2.70. The first-order chi connectivity index (χ1) is 12.8. The van der Waals surface area contributed by atoms with E-state index in [-0.39, 0.29) is 5.41 Å². The number of carboxylic acid groups (broad SMARTS) is 1. The van der Waals surface area contributed by atoms with Gasteiger partial charge in [-0.15, -0.1) is 0 Å². The predicted molar refractivity (Wildman–Crippen MR) is 109 cm³/mol. The van der Waals surface area contributed by atoms with Crippen molar-refractivity contribution in [1.82, 2.24) is 0 Å². The lowest BCUT2D eigenvalue weighted by Gasteiger charge is -2.23. The van der Waals surface area contributed by atoms with Gasteiger partial charge in [-0.2, -0.15) is 0 Å². The summed E-state index contributed by atoms with van der Waals surface area (Å²) in [6.45, 7) is 9.54. The molecule has 0 bridgehead atoms. The lowest BCUT2D eigenvalue weighted by atomic mass is 9.85. The molecule has 0 aliphatic carbocycles. The van der Waals surface area contributed by atoms with Crippen LogP contribution in [0.25, 0.3) is 6.08 Å². The van der Waals surface area contributed by atoms with E-state index in [1.807, 2.05) is 24.3 Å². The maximum absolute atomic E-state index is 10.6. The Bertz CT molecular complexity index is 800. The van der Waals surface area contributed by atoms with Crippen molar-refractivity contribution in [3.05, 3.63) is 65.2 Å². The minimum atomic E-state index is -0.974. The van der Waals surface area contributed by atoms with Gasteiger partial charge in [0.15, 0.2) is 0 Å². The van der Waals surface area contributed by atoms with Crippen LogP contribution in [0.5, 0.6) is 11.5 Å². The van der Waals surface area contributed by atoms with Gasteiger partial charge >= 0.3 is 5.97 Å². The van der Waals surface area contributed by atoms with E-state index in [4.69, 9.17) is 14.6 Å². The molecule has 2 aromatic rings. The van der Waals surface area contributed by atoms with E-state index in [9.17, 15) is 4.79 Å². The van der Waals surface area contributed by atoms with Crippen molar-refractivity contribution in [2.75, 3.05) is 13.2 Å². The molecule has 0 radical (unpaired) electrons. The van der Waals surface area contributed by atoms with Crippen LogP contribution in [0.1, 0.15) is 44.4 Å². The molecule has 0 aromatic heterocycles. The number of aliphatic carboxylic acids is 1. The minimum absolute atomic E-state index is 0.00613. The Morgan fingerprint density at radius 3 is 2.48 bits per heavy atom. The van der Waals surface area contributed by atoms with E-state index in [1.54, 1.807) is 6.07 Å². The summed E-state index contributed by atoms with van der Waals surface area (Å²) in [4.78, 5) is 10.6. The zero-order valence-corrected chi connectivity index (χ0v) is 16.5. The molecule has 2 aromatic carbocycles. The van der Waals surface area contributed by atoms with Crippen molar-refractivity contribution in [3.63, 3.8) is 0 Å². The first kappa shape index (κ1) is 20.6. The predicted octanol–water partition coefficient (Wildman–Crippen LogP) is 5.10. The van der Waals surface area contributed by atoms with Crippen LogP contribution in [0, 0.1) is 0 Å². The van der Waals surface area contributed by atoms with E-state index in [0.29, 0.717) is 19.0 Å². The summed E-state index contributed by atoms with van der Waals surface area (Å²) in [5, 5.41) is 8.70. The van der Waals surface area contributed by atoms with Gasteiger partial charge in [0.1, 0.15) is 24.7 Å². The third-order valence-electron chi connectivity index (χ3n) is 4.15. The van der Waals surface area contributed by atoms with Crippen LogP contribution in [0.2, 0.25) is 0 Å². The van der Waals surface area contributed by atoms with Crippen LogP contribution in [0.4, 0.5) is 0 Å². The average Bonchev–Trinajstić information content (AvgIpc) is 2.63. The average molecular weight is 368 g/mol. The molecule has 0 heterocycles. The van der Waals surface area contributed by atoms with E-state index in [1.165, 1.54) is 17.2 Å².